The number of nitrogens with zero attached hydrogens (tertiary/aromatic N) is 2. The van der Waals surface area contributed by atoms with E-state index in [-0.39, 0.29) is 17.9 Å². The quantitative estimate of drug-likeness (QED) is 0.759. The van der Waals surface area contributed by atoms with Crippen molar-refractivity contribution in [1.29, 1.82) is 0 Å². The van der Waals surface area contributed by atoms with Crippen LogP contribution in [0.2, 0.25) is 0 Å². The molecule has 0 bridgehead atoms. The number of thioether (sulfide) groups is 1. The van der Waals surface area contributed by atoms with E-state index in [0.717, 1.165) is 0 Å². The van der Waals surface area contributed by atoms with Gasteiger partial charge in [-0.15, -0.1) is 0 Å². The Kier molecular flexibility index (Phi) is 4.53. The van der Waals surface area contributed by atoms with Crippen molar-refractivity contribution in [3.05, 3.63) is 0 Å². The SMILES string of the molecule is CC(C)CC(=O)N=C1SCC(=O)N1C(C)C. The van der Waals surface area contributed by atoms with Gasteiger partial charge in [-0.3, -0.25) is 14.5 Å². The number of aliphatic imine (C=N–C) groups is 1. The van der Waals surface area contributed by atoms with Crippen LogP contribution in [0, 0.1) is 5.92 Å². The third-order valence-corrected chi connectivity index (χ3v) is 3.06. The van der Waals surface area contributed by atoms with E-state index in [0.29, 0.717) is 23.3 Å². The first-order chi connectivity index (χ1) is 7.41. The van der Waals surface area contributed by atoms with E-state index in [1.54, 1.807) is 4.90 Å². The van der Waals surface area contributed by atoms with E-state index < -0.39 is 0 Å². The minimum atomic E-state index is -0.141. The monoisotopic (exact) mass is 242 g/mol. The number of amidine groups is 1. The van der Waals surface area contributed by atoms with Gasteiger partial charge in [0.25, 0.3) is 0 Å². The zero-order valence-electron chi connectivity index (χ0n) is 10.2. The molecule has 0 aromatic carbocycles. The molecule has 0 saturated carbocycles. The first-order valence-electron chi connectivity index (χ1n) is 5.48. The predicted octanol–water partition coefficient (Wildman–Crippen LogP) is 1.90. The number of carbonyl (C=O) groups excluding carboxylic acids is 2. The molecule has 1 saturated heterocycles. The lowest BCUT2D eigenvalue weighted by Crippen LogP contribution is -2.36. The fourth-order valence-corrected chi connectivity index (χ4v) is 2.48. The van der Waals surface area contributed by atoms with Crippen molar-refractivity contribution in [3.63, 3.8) is 0 Å². The molecule has 0 unspecified atom stereocenters. The molecule has 0 aliphatic carbocycles. The zero-order valence-corrected chi connectivity index (χ0v) is 11.0. The van der Waals surface area contributed by atoms with E-state index in [1.807, 2.05) is 27.7 Å². The molecule has 1 fully saturated rings. The largest absolute Gasteiger partial charge is 0.288 e. The third-order valence-electron chi connectivity index (χ3n) is 2.12. The van der Waals surface area contributed by atoms with Crippen molar-refractivity contribution in [2.75, 3.05) is 5.75 Å². The van der Waals surface area contributed by atoms with Crippen LogP contribution in [0.5, 0.6) is 0 Å². The fraction of sp³-hybridized carbons (Fsp3) is 0.727. The molecule has 2 amide bonds. The highest BCUT2D eigenvalue weighted by molar-refractivity contribution is 8.15. The Morgan fingerprint density at radius 3 is 2.56 bits per heavy atom. The minimum absolute atomic E-state index is 0.0381. The minimum Gasteiger partial charge on any atom is -0.288 e. The molecule has 1 aliphatic heterocycles. The summed E-state index contributed by atoms with van der Waals surface area (Å²) in [6, 6.07) is 0.0631. The van der Waals surface area contributed by atoms with Crippen LogP contribution in [-0.2, 0) is 9.59 Å². The lowest BCUT2D eigenvalue weighted by atomic mass is 10.1. The topological polar surface area (TPSA) is 49.7 Å². The Morgan fingerprint density at radius 1 is 1.44 bits per heavy atom. The van der Waals surface area contributed by atoms with Gasteiger partial charge in [0.15, 0.2) is 5.17 Å². The molecule has 0 atom stereocenters. The lowest BCUT2D eigenvalue weighted by molar-refractivity contribution is -0.125. The van der Waals surface area contributed by atoms with E-state index in [1.165, 1.54) is 11.8 Å². The van der Waals surface area contributed by atoms with Crippen LogP contribution in [0.25, 0.3) is 0 Å². The summed E-state index contributed by atoms with van der Waals surface area (Å²) in [5, 5.41) is 0.561. The Labute approximate surface area is 100 Å². The summed E-state index contributed by atoms with van der Waals surface area (Å²) in [4.78, 5) is 28.7. The summed E-state index contributed by atoms with van der Waals surface area (Å²) in [5.41, 5.74) is 0. The Morgan fingerprint density at radius 2 is 2.06 bits per heavy atom. The highest BCUT2D eigenvalue weighted by Gasteiger charge is 2.30. The van der Waals surface area contributed by atoms with Gasteiger partial charge in [0.1, 0.15) is 0 Å². The Balaban J connectivity index is 2.75. The summed E-state index contributed by atoms with van der Waals surface area (Å²) in [5.74, 6) is 0.590. The molecule has 0 N–H and O–H groups in total. The number of hydrogen-bond donors (Lipinski definition) is 0. The highest BCUT2D eigenvalue weighted by Crippen LogP contribution is 2.22. The Hall–Kier alpha value is -0.840. The van der Waals surface area contributed by atoms with Crippen molar-refractivity contribution in [1.82, 2.24) is 4.90 Å². The van der Waals surface area contributed by atoms with Gasteiger partial charge >= 0.3 is 0 Å². The number of hydrogen-bond acceptors (Lipinski definition) is 3. The third kappa shape index (κ3) is 3.33. The molecule has 1 heterocycles. The van der Waals surface area contributed by atoms with Gasteiger partial charge in [-0.05, 0) is 19.8 Å². The van der Waals surface area contributed by atoms with Crippen LogP contribution >= 0.6 is 11.8 Å². The predicted molar refractivity (Wildman–Crippen MR) is 66.3 cm³/mol. The molecule has 5 heteroatoms. The molecular formula is C11H18N2O2S. The molecule has 4 nitrogen and oxygen atoms in total. The summed E-state index contributed by atoms with van der Waals surface area (Å²) < 4.78 is 0. The molecule has 0 spiro atoms. The van der Waals surface area contributed by atoms with Crippen LogP contribution in [-0.4, -0.2) is 33.7 Å². The average Bonchev–Trinajstić information content (AvgIpc) is 2.45. The summed E-state index contributed by atoms with van der Waals surface area (Å²) in [7, 11) is 0. The smallest absolute Gasteiger partial charge is 0.248 e. The number of amides is 2. The normalized spacial score (nSPS) is 19.2. The van der Waals surface area contributed by atoms with Crippen LogP contribution in [0.4, 0.5) is 0 Å². The van der Waals surface area contributed by atoms with Gasteiger partial charge in [0.2, 0.25) is 11.8 Å². The van der Waals surface area contributed by atoms with Gasteiger partial charge in [-0.1, -0.05) is 25.6 Å². The van der Waals surface area contributed by atoms with Crippen molar-refractivity contribution >= 4 is 28.7 Å². The maximum atomic E-state index is 11.5. The first-order valence-corrected chi connectivity index (χ1v) is 6.46. The number of carbonyl (C=O) groups is 2. The Bertz CT molecular complexity index is 324. The molecule has 0 aromatic rings. The molecule has 90 valence electrons. The summed E-state index contributed by atoms with van der Waals surface area (Å²) in [6.45, 7) is 7.80. The second-order valence-corrected chi connectivity index (χ2v) is 5.47. The van der Waals surface area contributed by atoms with Gasteiger partial charge in [0, 0.05) is 12.5 Å². The maximum absolute atomic E-state index is 11.5. The lowest BCUT2D eigenvalue weighted by Gasteiger charge is -2.19. The van der Waals surface area contributed by atoms with Crippen molar-refractivity contribution in [3.8, 4) is 0 Å². The average molecular weight is 242 g/mol. The second kappa shape index (κ2) is 5.48. The van der Waals surface area contributed by atoms with Crippen LogP contribution in [0.15, 0.2) is 4.99 Å². The maximum Gasteiger partial charge on any atom is 0.248 e. The summed E-state index contributed by atoms with van der Waals surface area (Å²) >= 11 is 1.35. The first kappa shape index (κ1) is 13.2. The zero-order chi connectivity index (χ0) is 12.3. The van der Waals surface area contributed by atoms with E-state index in [2.05, 4.69) is 4.99 Å². The molecular weight excluding hydrogens is 224 g/mol. The standard InChI is InChI=1S/C11H18N2O2S/c1-7(2)5-9(14)12-11-13(8(3)4)10(15)6-16-11/h7-8H,5-6H2,1-4H3. The van der Waals surface area contributed by atoms with Crippen molar-refractivity contribution < 1.29 is 9.59 Å². The van der Waals surface area contributed by atoms with E-state index in [9.17, 15) is 9.59 Å². The number of rotatable bonds is 3. The van der Waals surface area contributed by atoms with E-state index in [4.69, 9.17) is 0 Å². The molecule has 0 radical (unpaired) electrons. The molecule has 0 aromatic heterocycles. The van der Waals surface area contributed by atoms with Gasteiger partial charge in [-0.25, -0.2) is 0 Å². The second-order valence-electron chi connectivity index (χ2n) is 4.53. The van der Waals surface area contributed by atoms with Crippen LogP contribution < -0.4 is 0 Å². The van der Waals surface area contributed by atoms with Crippen LogP contribution in [0.3, 0.4) is 0 Å². The molecule has 16 heavy (non-hydrogen) atoms. The van der Waals surface area contributed by atoms with E-state index >= 15 is 0 Å². The van der Waals surface area contributed by atoms with Crippen molar-refractivity contribution in [2.45, 2.75) is 40.2 Å². The van der Waals surface area contributed by atoms with Gasteiger partial charge in [0.05, 0.1) is 5.75 Å². The summed E-state index contributed by atoms with van der Waals surface area (Å²) in [6.07, 6.45) is 0.435. The molecule has 1 aliphatic rings. The van der Waals surface area contributed by atoms with Gasteiger partial charge < -0.3 is 0 Å². The van der Waals surface area contributed by atoms with Gasteiger partial charge in [-0.2, -0.15) is 4.99 Å². The molecule has 1 rings (SSSR count). The van der Waals surface area contributed by atoms with Crippen LogP contribution in [0.1, 0.15) is 34.1 Å². The van der Waals surface area contributed by atoms with Crippen molar-refractivity contribution in [2.24, 2.45) is 10.9 Å². The fourth-order valence-electron chi connectivity index (χ4n) is 1.47. The highest BCUT2D eigenvalue weighted by atomic mass is 32.2.